The molecule has 0 bridgehead atoms. The van der Waals surface area contributed by atoms with Gasteiger partial charge in [-0.2, -0.15) is 0 Å². The number of fused-ring (bicyclic) bond motifs is 1. The SMILES string of the molecule is O=C1c2nccnc2C(=O)N1c1cc(Cl)c(Cl)c(Cl)c1. The molecule has 2 aromatic rings. The summed E-state index contributed by atoms with van der Waals surface area (Å²) in [7, 11) is 0. The van der Waals surface area contributed by atoms with E-state index >= 15 is 0 Å². The molecule has 20 heavy (non-hydrogen) atoms. The number of carbonyl (C=O) groups excluding carboxylic acids is 2. The van der Waals surface area contributed by atoms with Gasteiger partial charge < -0.3 is 0 Å². The van der Waals surface area contributed by atoms with Crippen LogP contribution in [0.25, 0.3) is 0 Å². The molecule has 100 valence electrons. The van der Waals surface area contributed by atoms with Gasteiger partial charge in [0.1, 0.15) is 0 Å². The first-order chi connectivity index (χ1) is 9.50. The van der Waals surface area contributed by atoms with Gasteiger partial charge in [-0.3, -0.25) is 9.59 Å². The third-order valence-electron chi connectivity index (χ3n) is 2.74. The van der Waals surface area contributed by atoms with Gasteiger partial charge in [-0.25, -0.2) is 14.9 Å². The summed E-state index contributed by atoms with van der Waals surface area (Å²) < 4.78 is 0. The van der Waals surface area contributed by atoms with Crippen LogP contribution < -0.4 is 4.90 Å². The second-order valence-electron chi connectivity index (χ2n) is 3.92. The summed E-state index contributed by atoms with van der Waals surface area (Å²) >= 11 is 17.7. The number of rotatable bonds is 1. The average molecular weight is 329 g/mol. The summed E-state index contributed by atoms with van der Waals surface area (Å²) in [5.41, 5.74) is 0.221. The average Bonchev–Trinajstić information content (AvgIpc) is 2.68. The largest absolute Gasteiger partial charge is 0.286 e. The van der Waals surface area contributed by atoms with Crippen molar-refractivity contribution in [3.63, 3.8) is 0 Å². The van der Waals surface area contributed by atoms with Crippen LogP contribution in [-0.4, -0.2) is 21.8 Å². The van der Waals surface area contributed by atoms with E-state index in [9.17, 15) is 9.59 Å². The van der Waals surface area contributed by atoms with Crippen molar-refractivity contribution in [3.05, 3.63) is 51.0 Å². The molecule has 8 heteroatoms. The van der Waals surface area contributed by atoms with Crippen molar-refractivity contribution in [2.75, 3.05) is 4.90 Å². The number of carbonyl (C=O) groups is 2. The van der Waals surface area contributed by atoms with Gasteiger partial charge in [-0.05, 0) is 12.1 Å². The second kappa shape index (κ2) is 4.70. The smallest absolute Gasteiger partial charge is 0.266 e. The number of aromatic nitrogens is 2. The number of hydrogen-bond donors (Lipinski definition) is 0. The number of benzene rings is 1. The molecule has 0 atom stereocenters. The molecular weight excluding hydrogens is 325 g/mol. The first-order valence-corrected chi connectivity index (χ1v) is 6.48. The van der Waals surface area contributed by atoms with Crippen LogP contribution >= 0.6 is 34.8 Å². The van der Waals surface area contributed by atoms with Crippen LogP contribution in [0.2, 0.25) is 15.1 Å². The van der Waals surface area contributed by atoms with Gasteiger partial charge in [-0.1, -0.05) is 34.8 Å². The molecule has 3 rings (SSSR count). The Morgan fingerprint density at radius 3 is 1.75 bits per heavy atom. The van der Waals surface area contributed by atoms with Crippen molar-refractivity contribution in [2.24, 2.45) is 0 Å². The third-order valence-corrected chi connectivity index (χ3v) is 3.93. The van der Waals surface area contributed by atoms with Gasteiger partial charge in [0.25, 0.3) is 11.8 Å². The molecule has 5 nitrogen and oxygen atoms in total. The van der Waals surface area contributed by atoms with Crippen molar-refractivity contribution in [1.29, 1.82) is 0 Å². The highest BCUT2D eigenvalue weighted by atomic mass is 35.5. The van der Waals surface area contributed by atoms with Crippen LogP contribution in [0, 0.1) is 0 Å². The summed E-state index contributed by atoms with van der Waals surface area (Å²) in [6.45, 7) is 0. The van der Waals surface area contributed by atoms with Crippen molar-refractivity contribution < 1.29 is 9.59 Å². The number of imide groups is 1. The van der Waals surface area contributed by atoms with Crippen LogP contribution in [0.3, 0.4) is 0 Å². The molecule has 0 N–H and O–H groups in total. The molecule has 0 saturated heterocycles. The Morgan fingerprint density at radius 1 is 0.850 bits per heavy atom. The third kappa shape index (κ3) is 1.86. The molecule has 1 aliphatic heterocycles. The van der Waals surface area contributed by atoms with E-state index < -0.39 is 11.8 Å². The first-order valence-electron chi connectivity index (χ1n) is 5.35. The van der Waals surface area contributed by atoms with Gasteiger partial charge in [-0.15, -0.1) is 0 Å². The van der Waals surface area contributed by atoms with E-state index in [1.807, 2.05) is 0 Å². The molecule has 0 spiro atoms. The Kier molecular flexibility index (Phi) is 3.12. The molecule has 2 amide bonds. The van der Waals surface area contributed by atoms with Crippen molar-refractivity contribution >= 4 is 52.3 Å². The Bertz CT molecular complexity index is 705. The van der Waals surface area contributed by atoms with Gasteiger partial charge in [0.2, 0.25) is 0 Å². The lowest BCUT2D eigenvalue weighted by Gasteiger charge is -2.14. The Balaban J connectivity index is 2.14. The maximum Gasteiger partial charge on any atom is 0.286 e. The van der Waals surface area contributed by atoms with Crippen LogP contribution in [0.15, 0.2) is 24.5 Å². The summed E-state index contributed by atoms with van der Waals surface area (Å²) in [4.78, 5) is 33.0. The Labute approximate surface area is 128 Å². The second-order valence-corrected chi connectivity index (χ2v) is 5.12. The standard InChI is InChI=1S/C12H4Cl3N3O2/c13-6-3-5(4-7(14)8(6)15)18-11(19)9-10(12(18)20)17-2-1-16-9/h1-4H. The van der Waals surface area contributed by atoms with Crippen LogP contribution in [0.4, 0.5) is 5.69 Å². The minimum atomic E-state index is -0.576. The number of nitrogens with zero attached hydrogens (tertiary/aromatic N) is 3. The fourth-order valence-electron chi connectivity index (χ4n) is 1.86. The van der Waals surface area contributed by atoms with Crippen LogP contribution in [0.1, 0.15) is 21.0 Å². The summed E-state index contributed by atoms with van der Waals surface area (Å²) in [5, 5.41) is 0.447. The van der Waals surface area contributed by atoms with Gasteiger partial charge in [0, 0.05) is 12.4 Å². The lowest BCUT2D eigenvalue weighted by atomic mass is 10.3. The lowest BCUT2D eigenvalue weighted by molar-refractivity contribution is 0.0923. The lowest BCUT2D eigenvalue weighted by Crippen LogP contribution is -2.29. The quantitative estimate of drug-likeness (QED) is 0.595. The van der Waals surface area contributed by atoms with Gasteiger partial charge >= 0.3 is 0 Å². The molecule has 0 aliphatic carbocycles. The van der Waals surface area contributed by atoms with E-state index in [0.29, 0.717) is 0 Å². The first kappa shape index (κ1) is 13.3. The molecule has 2 heterocycles. The summed E-state index contributed by atoms with van der Waals surface area (Å²) in [6.07, 6.45) is 2.69. The van der Waals surface area contributed by atoms with Gasteiger partial charge in [0.05, 0.1) is 20.8 Å². The highest BCUT2D eigenvalue weighted by Gasteiger charge is 2.39. The molecule has 0 fully saturated rings. The van der Waals surface area contributed by atoms with E-state index in [0.717, 1.165) is 4.90 Å². The number of amides is 2. The van der Waals surface area contributed by atoms with Crippen molar-refractivity contribution in [1.82, 2.24) is 9.97 Å². The topological polar surface area (TPSA) is 63.2 Å². The maximum atomic E-state index is 12.2. The number of anilines is 1. The highest BCUT2D eigenvalue weighted by molar-refractivity contribution is 6.48. The van der Waals surface area contributed by atoms with E-state index in [4.69, 9.17) is 34.8 Å². The molecule has 0 radical (unpaired) electrons. The van der Waals surface area contributed by atoms with Crippen molar-refractivity contribution in [3.8, 4) is 0 Å². The minimum absolute atomic E-state index is 0.000283. The van der Waals surface area contributed by atoms with E-state index in [2.05, 4.69) is 9.97 Å². The molecular formula is C12H4Cl3N3O2. The molecule has 1 aliphatic rings. The number of hydrogen-bond acceptors (Lipinski definition) is 4. The highest BCUT2D eigenvalue weighted by Crippen LogP contribution is 2.36. The van der Waals surface area contributed by atoms with E-state index in [-0.39, 0.29) is 32.1 Å². The van der Waals surface area contributed by atoms with Crippen LogP contribution in [0.5, 0.6) is 0 Å². The Morgan fingerprint density at radius 2 is 1.30 bits per heavy atom. The Hall–Kier alpha value is -1.69. The van der Waals surface area contributed by atoms with Crippen LogP contribution in [-0.2, 0) is 0 Å². The zero-order valence-corrected chi connectivity index (χ0v) is 11.9. The molecule has 1 aromatic carbocycles. The monoisotopic (exact) mass is 327 g/mol. The predicted octanol–water partition coefficient (Wildman–Crippen LogP) is 3.24. The fraction of sp³-hybridized carbons (Fsp3) is 0. The molecule has 1 aromatic heterocycles. The molecule has 0 unspecified atom stereocenters. The van der Waals surface area contributed by atoms with E-state index in [1.165, 1.54) is 24.5 Å². The fourth-order valence-corrected chi connectivity index (χ4v) is 2.45. The van der Waals surface area contributed by atoms with E-state index in [1.54, 1.807) is 0 Å². The molecule has 0 saturated carbocycles. The number of halogens is 3. The zero-order valence-electron chi connectivity index (χ0n) is 9.60. The van der Waals surface area contributed by atoms with Gasteiger partial charge in [0.15, 0.2) is 11.4 Å². The maximum absolute atomic E-state index is 12.2. The summed E-state index contributed by atoms with van der Waals surface area (Å²) in [5.74, 6) is -1.15. The van der Waals surface area contributed by atoms with Crippen molar-refractivity contribution in [2.45, 2.75) is 0 Å². The summed E-state index contributed by atoms with van der Waals surface area (Å²) in [6, 6.07) is 2.77. The zero-order chi connectivity index (χ0) is 14.4. The minimum Gasteiger partial charge on any atom is -0.266 e. The predicted molar refractivity (Wildman–Crippen MR) is 74.6 cm³/mol. The normalized spacial score (nSPS) is 13.8.